The summed E-state index contributed by atoms with van der Waals surface area (Å²) in [5.74, 6) is 0.780. The van der Waals surface area contributed by atoms with E-state index in [1.165, 1.54) is 53.1 Å². The molecule has 6 aliphatic rings. The monoisotopic (exact) mass is 938 g/mol. The fourth-order valence-electron chi connectivity index (χ4n) is 10.9. The molecule has 17 heteroatoms. The predicted octanol–water partition coefficient (Wildman–Crippen LogP) is 5.95. The first kappa shape index (κ1) is 48.6. The molecule has 3 unspecified atom stereocenters. The molecule has 3 aromatic rings. The largest absolute Gasteiger partial charge is 0.486 e. The van der Waals surface area contributed by atoms with Gasteiger partial charge in [-0.15, -0.1) is 0 Å². The number of hydrogen-bond donors (Lipinski definition) is 0. The van der Waals surface area contributed by atoms with Crippen LogP contribution in [0.3, 0.4) is 0 Å². The third-order valence-corrected chi connectivity index (χ3v) is 13.9. The maximum atomic E-state index is 13.4. The topological polar surface area (TPSA) is 180 Å². The van der Waals surface area contributed by atoms with Crippen LogP contribution in [0, 0.1) is 23.2 Å². The second-order valence-electron chi connectivity index (χ2n) is 18.9. The Morgan fingerprint density at radius 1 is 0.618 bits per heavy atom. The highest BCUT2D eigenvalue weighted by Gasteiger charge is 2.54. The van der Waals surface area contributed by atoms with Crippen LogP contribution in [-0.4, -0.2) is 155 Å². The molecule has 364 valence electrons. The first-order chi connectivity index (χ1) is 32.9. The lowest BCUT2D eigenvalue weighted by molar-refractivity contribution is -0.155. The van der Waals surface area contributed by atoms with Gasteiger partial charge in [0.25, 0.3) is 0 Å². The van der Waals surface area contributed by atoms with Crippen molar-refractivity contribution in [2.45, 2.75) is 63.6 Å². The second-order valence-corrected chi connectivity index (χ2v) is 18.9. The maximum Gasteiger partial charge on any atom is 0.338 e. The van der Waals surface area contributed by atoms with Crippen LogP contribution >= 0.6 is 0 Å². The number of carbonyl (C=O) groups excluding carboxylic acids is 6. The van der Waals surface area contributed by atoms with Crippen LogP contribution in [0.2, 0.25) is 0 Å². The second kappa shape index (κ2) is 22.0. The molecule has 9 rings (SSSR count). The number of benzene rings is 3. The van der Waals surface area contributed by atoms with Gasteiger partial charge in [-0.05, 0) is 99.1 Å². The molecule has 4 aliphatic carbocycles. The van der Waals surface area contributed by atoms with Crippen molar-refractivity contribution < 1.29 is 61.9 Å². The number of methoxy groups -OCH3 is 2. The number of esters is 2. The van der Waals surface area contributed by atoms with Crippen molar-refractivity contribution in [2.75, 3.05) is 87.1 Å². The number of carbonyl (C=O) groups is 6. The van der Waals surface area contributed by atoms with E-state index in [0.717, 1.165) is 19.3 Å². The molecule has 0 spiro atoms. The molecule has 2 aliphatic heterocycles. The summed E-state index contributed by atoms with van der Waals surface area (Å²) >= 11 is 0. The Kier molecular flexibility index (Phi) is 15.7. The van der Waals surface area contributed by atoms with Gasteiger partial charge in [0.2, 0.25) is 0 Å². The van der Waals surface area contributed by atoms with Crippen molar-refractivity contribution in [1.82, 2.24) is 19.6 Å². The summed E-state index contributed by atoms with van der Waals surface area (Å²) in [6.07, 6.45) is 5.37. The number of Topliss-reactive ketones (excluding diaryl/α,β-unsaturated/α-hetero) is 1. The van der Waals surface area contributed by atoms with Crippen molar-refractivity contribution in [3.8, 4) is 5.75 Å². The van der Waals surface area contributed by atoms with Crippen molar-refractivity contribution in [2.24, 2.45) is 23.2 Å². The number of amides is 4. The Balaban J connectivity index is 0.774. The molecular weight excluding hydrogens is 877 g/mol. The zero-order valence-electron chi connectivity index (χ0n) is 39.1. The Morgan fingerprint density at radius 3 is 1.68 bits per heavy atom. The molecule has 2 heterocycles. The van der Waals surface area contributed by atoms with Crippen molar-refractivity contribution in [1.29, 1.82) is 0 Å². The molecular formula is C51H62N4O13. The van der Waals surface area contributed by atoms with Crippen molar-refractivity contribution in [3.63, 3.8) is 0 Å². The minimum atomic E-state index is -0.695. The number of hydrogen-bond acceptors (Lipinski definition) is 13. The highest BCUT2D eigenvalue weighted by molar-refractivity contribution is 6.09. The lowest BCUT2D eigenvalue weighted by Crippen LogP contribution is -2.57. The van der Waals surface area contributed by atoms with Crippen LogP contribution in [0.25, 0.3) is 0 Å². The molecule has 3 aromatic carbocycles. The van der Waals surface area contributed by atoms with Gasteiger partial charge >= 0.3 is 24.0 Å². The highest BCUT2D eigenvalue weighted by Crippen LogP contribution is 2.60. The SMILES string of the molecule is COCN1CC(OC(=O)c2ccc(OCC(=O)C34CC5CC(CC(C5)C3)C4)cc2)CN(COCCOCN2CC(OC(=O)C(C)c3cccc(C(=O)c4ccccc4)c3)CN(COC)C2=O)C1=O. The van der Waals surface area contributed by atoms with Crippen LogP contribution in [0.4, 0.5) is 9.59 Å². The molecule has 2 saturated heterocycles. The van der Waals surface area contributed by atoms with E-state index in [2.05, 4.69) is 0 Å². The van der Waals surface area contributed by atoms with E-state index in [1.807, 2.05) is 6.07 Å². The standard InChI is InChI=1S/C51H62N4O13/c1-34(40-10-7-11-41(21-40)46(57)38-8-5-4-6-9-38)47(58)67-43-25-52(30-62-2)49(60)54(27-43)32-64-16-17-65-33-55-28-44(26-53(31-63-3)50(55)61)68-48(59)39-12-14-42(15-13-39)66-29-45(56)51-22-35-18-36(23-51)20-37(19-35)24-51/h4-15,21,34-37,43-44H,16-20,22-33H2,1-3H3. The first-order valence-corrected chi connectivity index (χ1v) is 23.5. The van der Waals surface area contributed by atoms with Crippen molar-refractivity contribution >= 4 is 35.6 Å². The molecule has 68 heavy (non-hydrogen) atoms. The quantitative estimate of drug-likeness (QED) is 0.0656. The zero-order chi connectivity index (χ0) is 47.8. The molecule has 4 saturated carbocycles. The summed E-state index contributed by atoms with van der Waals surface area (Å²) in [4.78, 5) is 85.5. The van der Waals surface area contributed by atoms with E-state index >= 15 is 0 Å². The predicted molar refractivity (Wildman–Crippen MR) is 244 cm³/mol. The number of ketones is 2. The minimum Gasteiger partial charge on any atom is -0.486 e. The summed E-state index contributed by atoms with van der Waals surface area (Å²) in [7, 11) is 2.93. The van der Waals surface area contributed by atoms with E-state index in [1.54, 1.807) is 79.7 Å². The molecule has 0 radical (unpaired) electrons. The zero-order valence-corrected chi connectivity index (χ0v) is 39.1. The van der Waals surface area contributed by atoms with Gasteiger partial charge < -0.3 is 33.2 Å². The van der Waals surface area contributed by atoms with Crippen LogP contribution < -0.4 is 4.74 Å². The summed E-state index contributed by atoms with van der Waals surface area (Å²) < 4.78 is 39.8. The van der Waals surface area contributed by atoms with Gasteiger partial charge in [-0.3, -0.25) is 34.0 Å². The fourth-order valence-corrected chi connectivity index (χ4v) is 10.9. The molecule has 0 N–H and O–H groups in total. The highest BCUT2D eigenvalue weighted by atomic mass is 16.6. The number of ether oxygens (including phenoxy) is 7. The molecule has 0 aromatic heterocycles. The molecule has 4 bridgehead atoms. The Labute approximate surface area is 396 Å². The normalized spacial score (nSPS) is 24.8. The third-order valence-electron chi connectivity index (χ3n) is 13.9. The number of rotatable bonds is 22. The molecule has 3 atom stereocenters. The number of urea groups is 2. The van der Waals surface area contributed by atoms with E-state index in [0.29, 0.717) is 45.8 Å². The first-order valence-electron chi connectivity index (χ1n) is 23.5. The summed E-state index contributed by atoms with van der Waals surface area (Å²) in [6, 6.07) is 21.6. The van der Waals surface area contributed by atoms with Crippen molar-refractivity contribution in [3.05, 3.63) is 101 Å². The molecule has 17 nitrogen and oxygen atoms in total. The van der Waals surface area contributed by atoms with E-state index in [9.17, 15) is 28.8 Å². The Hall–Kier alpha value is -5.88. The fraction of sp³-hybridized carbons (Fsp3) is 0.529. The average Bonchev–Trinajstić information content (AvgIpc) is 3.34. The van der Waals surface area contributed by atoms with E-state index in [4.69, 9.17) is 33.2 Å². The van der Waals surface area contributed by atoms with Gasteiger partial charge in [-0.2, -0.15) is 0 Å². The van der Waals surface area contributed by atoms with Gasteiger partial charge in [-0.1, -0.05) is 48.5 Å². The lowest BCUT2D eigenvalue weighted by Gasteiger charge is -2.55. The molecule has 4 amide bonds. The number of nitrogens with zero attached hydrogens (tertiary/aromatic N) is 4. The van der Waals surface area contributed by atoms with Crippen LogP contribution in [-0.2, 0) is 38.0 Å². The van der Waals surface area contributed by atoms with Gasteiger partial charge in [0.05, 0.1) is 50.9 Å². The van der Waals surface area contributed by atoms with Gasteiger partial charge in [-0.25, -0.2) is 14.4 Å². The minimum absolute atomic E-state index is 0.0235. The Bertz CT molecular complexity index is 2240. The van der Waals surface area contributed by atoms with Gasteiger partial charge in [0.15, 0.2) is 11.6 Å². The average molecular weight is 939 g/mol. The van der Waals surface area contributed by atoms with Crippen LogP contribution in [0.15, 0.2) is 78.9 Å². The van der Waals surface area contributed by atoms with E-state index in [-0.39, 0.29) is 102 Å². The van der Waals surface area contributed by atoms with E-state index < -0.39 is 30.1 Å². The summed E-state index contributed by atoms with van der Waals surface area (Å²) in [5.41, 5.74) is 1.69. The summed E-state index contributed by atoms with van der Waals surface area (Å²) in [6.45, 7) is 1.92. The van der Waals surface area contributed by atoms with Gasteiger partial charge in [0.1, 0.15) is 51.5 Å². The van der Waals surface area contributed by atoms with Crippen LogP contribution in [0.5, 0.6) is 5.75 Å². The summed E-state index contributed by atoms with van der Waals surface area (Å²) in [5, 5.41) is 0. The van der Waals surface area contributed by atoms with Gasteiger partial charge in [0, 0.05) is 30.8 Å². The molecule has 6 fully saturated rings. The smallest absolute Gasteiger partial charge is 0.338 e. The third kappa shape index (κ3) is 11.5. The Morgan fingerprint density at radius 2 is 1.13 bits per heavy atom. The van der Waals surface area contributed by atoms with Crippen LogP contribution in [0.1, 0.15) is 83.2 Å². The maximum absolute atomic E-state index is 13.4. The lowest BCUT2D eigenvalue weighted by atomic mass is 9.48.